The Labute approximate surface area is 153 Å². The van der Waals surface area contributed by atoms with Gasteiger partial charge < -0.3 is 9.84 Å². The molecule has 0 aromatic rings. The first-order valence-electron chi connectivity index (χ1n) is 9.72. The van der Waals surface area contributed by atoms with Gasteiger partial charge in [-0.25, -0.2) is 0 Å². The Morgan fingerprint density at radius 3 is 2.08 bits per heavy atom. The average Bonchev–Trinajstić information content (AvgIpc) is 2.51. The molecule has 0 saturated carbocycles. The van der Waals surface area contributed by atoms with Crippen molar-refractivity contribution in [3.63, 3.8) is 0 Å². The van der Waals surface area contributed by atoms with Gasteiger partial charge in [-0.2, -0.15) is 0 Å². The molecule has 0 amide bonds. The Bertz CT molecular complexity index is 445. The number of carboxylic acids is 1. The lowest BCUT2D eigenvalue weighted by atomic mass is 9.78. The molecule has 0 bridgehead atoms. The van der Waals surface area contributed by atoms with Gasteiger partial charge in [0.25, 0.3) is 0 Å². The van der Waals surface area contributed by atoms with Gasteiger partial charge >= 0.3 is 11.9 Å². The molecule has 0 radical (unpaired) electrons. The summed E-state index contributed by atoms with van der Waals surface area (Å²) in [7, 11) is 2.12. The second-order valence-corrected chi connectivity index (χ2v) is 8.56. The van der Waals surface area contributed by atoms with Crippen LogP contribution in [-0.2, 0) is 14.3 Å². The number of carbonyl (C=O) groups excluding carboxylic acids is 1. The standard InChI is InChI=1S/C20H37NO4/c1-19(2)15-14-16(20(3,4)21(19)5)25-18(24)13-11-9-7-6-8-10-12-17(22)23/h16H,6-15H2,1-5H3,(H,22,23). The Hall–Kier alpha value is -1.10. The van der Waals surface area contributed by atoms with Crippen LogP contribution in [0.5, 0.6) is 0 Å². The van der Waals surface area contributed by atoms with Gasteiger partial charge in [-0.3, -0.25) is 14.5 Å². The molecule has 5 nitrogen and oxygen atoms in total. The van der Waals surface area contributed by atoms with Gasteiger partial charge in [-0.05, 0) is 60.4 Å². The molecule has 1 rings (SSSR count). The Morgan fingerprint density at radius 2 is 1.52 bits per heavy atom. The summed E-state index contributed by atoms with van der Waals surface area (Å²) in [5.41, 5.74) is -0.0192. The van der Waals surface area contributed by atoms with E-state index in [-0.39, 0.29) is 29.6 Å². The minimum Gasteiger partial charge on any atom is -0.481 e. The van der Waals surface area contributed by atoms with Crippen LogP contribution in [0.15, 0.2) is 0 Å². The largest absolute Gasteiger partial charge is 0.481 e. The number of hydrogen-bond donors (Lipinski definition) is 1. The lowest BCUT2D eigenvalue weighted by molar-refractivity contribution is -0.167. The lowest BCUT2D eigenvalue weighted by Crippen LogP contribution is -2.63. The zero-order valence-electron chi connectivity index (χ0n) is 16.8. The molecule has 1 N–H and O–H groups in total. The van der Waals surface area contributed by atoms with Crippen LogP contribution in [0.2, 0.25) is 0 Å². The van der Waals surface area contributed by atoms with E-state index in [1.165, 1.54) is 0 Å². The van der Waals surface area contributed by atoms with Crippen molar-refractivity contribution in [2.75, 3.05) is 7.05 Å². The summed E-state index contributed by atoms with van der Waals surface area (Å²) in [4.78, 5) is 24.9. The van der Waals surface area contributed by atoms with Crippen molar-refractivity contribution >= 4 is 11.9 Å². The zero-order valence-corrected chi connectivity index (χ0v) is 16.8. The van der Waals surface area contributed by atoms with Crippen molar-refractivity contribution in [3.8, 4) is 0 Å². The highest BCUT2D eigenvalue weighted by molar-refractivity contribution is 5.69. The predicted molar refractivity (Wildman–Crippen MR) is 99.6 cm³/mol. The fourth-order valence-electron chi connectivity index (χ4n) is 3.67. The number of likely N-dealkylation sites (N-methyl/N-ethyl adjacent to an activating group) is 1. The van der Waals surface area contributed by atoms with Crippen molar-refractivity contribution in [1.82, 2.24) is 4.90 Å². The smallest absolute Gasteiger partial charge is 0.306 e. The van der Waals surface area contributed by atoms with E-state index < -0.39 is 5.97 Å². The predicted octanol–water partition coefficient (Wildman–Crippen LogP) is 4.39. The van der Waals surface area contributed by atoms with Gasteiger partial charge in [0.1, 0.15) is 6.10 Å². The SMILES string of the molecule is CN1C(C)(C)CCC(OC(=O)CCCCCCCCC(=O)O)C1(C)C. The highest BCUT2D eigenvalue weighted by Crippen LogP contribution is 2.38. The van der Waals surface area contributed by atoms with E-state index in [2.05, 4.69) is 39.6 Å². The lowest BCUT2D eigenvalue weighted by Gasteiger charge is -2.54. The van der Waals surface area contributed by atoms with Crippen molar-refractivity contribution in [1.29, 1.82) is 0 Å². The van der Waals surface area contributed by atoms with E-state index in [9.17, 15) is 9.59 Å². The summed E-state index contributed by atoms with van der Waals surface area (Å²) < 4.78 is 5.80. The molecule has 1 unspecified atom stereocenters. The fraction of sp³-hybridized carbons (Fsp3) is 0.900. The third-order valence-electron chi connectivity index (χ3n) is 5.87. The number of likely N-dealkylation sites (tertiary alicyclic amines) is 1. The van der Waals surface area contributed by atoms with Crippen LogP contribution in [0, 0.1) is 0 Å². The van der Waals surface area contributed by atoms with E-state index in [0.717, 1.165) is 51.4 Å². The molecule has 1 atom stereocenters. The first kappa shape index (κ1) is 21.9. The van der Waals surface area contributed by atoms with Gasteiger partial charge in [0, 0.05) is 18.4 Å². The maximum atomic E-state index is 12.2. The minimum absolute atomic E-state index is 0.0472. The average molecular weight is 356 g/mol. The quantitative estimate of drug-likeness (QED) is 0.465. The molecule has 0 aliphatic carbocycles. The summed E-state index contributed by atoms with van der Waals surface area (Å²) in [6.07, 6.45) is 8.29. The Morgan fingerprint density at radius 1 is 1.00 bits per heavy atom. The molecule has 1 aliphatic heterocycles. The molecule has 1 saturated heterocycles. The normalized spacial score (nSPS) is 22.5. The van der Waals surface area contributed by atoms with Crippen molar-refractivity contribution in [3.05, 3.63) is 0 Å². The van der Waals surface area contributed by atoms with E-state index in [4.69, 9.17) is 9.84 Å². The van der Waals surface area contributed by atoms with E-state index >= 15 is 0 Å². The number of piperidine rings is 1. The molecule has 0 aromatic carbocycles. The number of carbonyl (C=O) groups is 2. The summed E-state index contributed by atoms with van der Waals surface area (Å²) in [6, 6.07) is 0. The molecule has 5 heteroatoms. The van der Waals surface area contributed by atoms with Gasteiger partial charge in [-0.15, -0.1) is 0 Å². The third kappa shape index (κ3) is 6.96. The van der Waals surface area contributed by atoms with Crippen molar-refractivity contribution < 1.29 is 19.4 Å². The highest BCUT2D eigenvalue weighted by Gasteiger charge is 2.46. The number of nitrogens with zero attached hydrogens (tertiary/aromatic N) is 1. The number of ether oxygens (including phenoxy) is 1. The number of unbranched alkanes of at least 4 members (excludes halogenated alkanes) is 5. The number of hydrogen-bond acceptors (Lipinski definition) is 4. The fourth-order valence-corrected chi connectivity index (χ4v) is 3.67. The van der Waals surface area contributed by atoms with Crippen LogP contribution in [-0.4, -0.2) is 46.2 Å². The van der Waals surface area contributed by atoms with Crippen molar-refractivity contribution in [2.24, 2.45) is 0 Å². The van der Waals surface area contributed by atoms with Crippen LogP contribution in [0.4, 0.5) is 0 Å². The number of rotatable bonds is 10. The first-order valence-corrected chi connectivity index (χ1v) is 9.72. The van der Waals surface area contributed by atoms with Crippen LogP contribution in [0.1, 0.15) is 91.9 Å². The summed E-state index contributed by atoms with van der Waals surface area (Å²) in [6.45, 7) is 8.79. The highest BCUT2D eigenvalue weighted by atomic mass is 16.5. The Kier molecular flexibility index (Phi) is 8.39. The summed E-state index contributed by atoms with van der Waals surface area (Å²) >= 11 is 0. The molecule has 146 valence electrons. The second kappa shape index (κ2) is 9.56. The maximum Gasteiger partial charge on any atom is 0.306 e. The minimum atomic E-state index is -0.720. The van der Waals surface area contributed by atoms with Gasteiger partial charge in [-0.1, -0.05) is 25.7 Å². The second-order valence-electron chi connectivity index (χ2n) is 8.56. The first-order chi connectivity index (χ1) is 11.6. The molecule has 1 aliphatic rings. The van der Waals surface area contributed by atoms with Crippen LogP contribution in [0.3, 0.4) is 0 Å². The number of carboxylic acid groups (broad SMARTS) is 1. The maximum absolute atomic E-state index is 12.2. The molecule has 25 heavy (non-hydrogen) atoms. The van der Waals surface area contributed by atoms with Crippen LogP contribution < -0.4 is 0 Å². The summed E-state index contributed by atoms with van der Waals surface area (Å²) in [5, 5.41) is 8.58. The number of aliphatic carboxylic acids is 1. The molecular weight excluding hydrogens is 318 g/mol. The molecule has 1 fully saturated rings. The van der Waals surface area contributed by atoms with Gasteiger partial charge in [0.15, 0.2) is 0 Å². The number of esters is 1. The third-order valence-corrected chi connectivity index (χ3v) is 5.87. The molecule has 0 spiro atoms. The van der Waals surface area contributed by atoms with E-state index in [1.54, 1.807) is 0 Å². The topological polar surface area (TPSA) is 66.8 Å². The molecule has 1 heterocycles. The molecular formula is C20H37NO4. The molecule has 0 aromatic heterocycles. The van der Waals surface area contributed by atoms with Crippen molar-refractivity contribution in [2.45, 2.75) is 109 Å². The Balaban J connectivity index is 2.21. The van der Waals surface area contributed by atoms with Crippen LogP contribution in [0.25, 0.3) is 0 Å². The van der Waals surface area contributed by atoms with E-state index in [0.29, 0.717) is 6.42 Å². The van der Waals surface area contributed by atoms with Crippen LogP contribution >= 0.6 is 0 Å². The van der Waals surface area contributed by atoms with E-state index in [1.807, 2.05) is 0 Å². The monoisotopic (exact) mass is 355 g/mol. The zero-order chi connectivity index (χ0) is 19.1. The van der Waals surface area contributed by atoms with Gasteiger partial charge in [0.05, 0.1) is 5.54 Å². The van der Waals surface area contributed by atoms with Gasteiger partial charge in [0.2, 0.25) is 0 Å². The summed E-state index contributed by atoms with van der Waals surface area (Å²) in [5.74, 6) is -0.806.